The maximum absolute atomic E-state index is 13.8. The van der Waals surface area contributed by atoms with Crippen molar-refractivity contribution in [2.24, 2.45) is 11.3 Å². The van der Waals surface area contributed by atoms with Gasteiger partial charge in [0.2, 0.25) is 11.8 Å². The Morgan fingerprint density at radius 1 is 1.06 bits per heavy atom. The van der Waals surface area contributed by atoms with Gasteiger partial charge in [-0.15, -0.1) is 0 Å². The van der Waals surface area contributed by atoms with Crippen LogP contribution in [0.3, 0.4) is 0 Å². The standard InChI is InChI=1S/C30H38N2O3/c1-21-14-16-23(17-15-21)22(2)19-25(33)20-26(30(3,4)5)28(34)32-18-10-13-27(32)29(35)31(6)24-11-8-7-9-12-24/h7-9,11-12,14-17,19,26-27H,10,13,18,20H2,1-6H3/b22-19+/t26?,27-/m0/s1. The third-order valence-corrected chi connectivity index (χ3v) is 6.93. The summed E-state index contributed by atoms with van der Waals surface area (Å²) in [5, 5.41) is 0. The highest BCUT2D eigenvalue weighted by molar-refractivity contribution is 6.01. The van der Waals surface area contributed by atoms with Crippen LogP contribution in [0.25, 0.3) is 5.57 Å². The van der Waals surface area contributed by atoms with Crippen LogP contribution in [0, 0.1) is 18.3 Å². The Balaban J connectivity index is 1.77. The van der Waals surface area contributed by atoms with Gasteiger partial charge in [-0.05, 0) is 61.4 Å². The molecule has 0 aromatic heterocycles. The lowest BCUT2D eigenvalue weighted by molar-refractivity contribution is -0.145. The molecule has 1 unspecified atom stereocenters. The van der Waals surface area contributed by atoms with E-state index < -0.39 is 17.4 Å². The minimum Gasteiger partial charge on any atom is -0.330 e. The lowest BCUT2D eigenvalue weighted by Crippen LogP contribution is -2.50. The van der Waals surface area contributed by atoms with Crippen LogP contribution < -0.4 is 4.90 Å². The number of nitrogens with zero attached hydrogens (tertiary/aromatic N) is 2. The van der Waals surface area contributed by atoms with Crippen LogP contribution in [-0.2, 0) is 14.4 Å². The molecule has 0 saturated carbocycles. The minimum atomic E-state index is -0.507. The van der Waals surface area contributed by atoms with Gasteiger partial charge in [-0.25, -0.2) is 0 Å². The molecular weight excluding hydrogens is 436 g/mol. The number of para-hydroxylation sites is 1. The summed E-state index contributed by atoms with van der Waals surface area (Å²) in [6, 6.07) is 17.0. The minimum absolute atomic E-state index is 0.0696. The van der Waals surface area contributed by atoms with Crippen LogP contribution in [0.4, 0.5) is 5.69 Å². The van der Waals surface area contributed by atoms with Gasteiger partial charge in [-0.3, -0.25) is 14.4 Å². The maximum Gasteiger partial charge on any atom is 0.249 e. The summed E-state index contributed by atoms with van der Waals surface area (Å²) in [5.74, 6) is -0.770. The van der Waals surface area contributed by atoms with Crippen LogP contribution in [0.15, 0.2) is 60.7 Å². The molecule has 1 heterocycles. The molecule has 0 bridgehead atoms. The van der Waals surface area contributed by atoms with E-state index in [1.54, 1.807) is 22.9 Å². The zero-order chi connectivity index (χ0) is 25.8. The van der Waals surface area contributed by atoms with E-state index in [2.05, 4.69) is 0 Å². The van der Waals surface area contributed by atoms with Crippen LogP contribution in [0.1, 0.15) is 58.1 Å². The Morgan fingerprint density at radius 3 is 2.29 bits per heavy atom. The van der Waals surface area contributed by atoms with Crippen LogP contribution in [-0.4, -0.2) is 42.1 Å². The first-order valence-corrected chi connectivity index (χ1v) is 12.4. The number of anilines is 1. The van der Waals surface area contributed by atoms with E-state index in [1.807, 2.05) is 89.2 Å². The van der Waals surface area contributed by atoms with Gasteiger partial charge in [0.25, 0.3) is 0 Å². The Morgan fingerprint density at radius 2 is 1.69 bits per heavy atom. The monoisotopic (exact) mass is 474 g/mol. The molecule has 2 amide bonds. The average molecular weight is 475 g/mol. The fourth-order valence-corrected chi connectivity index (χ4v) is 4.66. The summed E-state index contributed by atoms with van der Waals surface area (Å²) in [7, 11) is 1.75. The number of carbonyl (C=O) groups excluding carboxylic acids is 3. The molecule has 5 nitrogen and oxygen atoms in total. The van der Waals surface area contributed by atoms with Gasteiger partial charge in [-0.2, -0.15) is 0 Å². The molecule has 186 valence electrons. The Labute approximate surface area is 209 Å². The predicted octanol–water partition coefficient (Wildman–Crippen LogP) is 5.67. The summed E-state index contributed by atoms with van der Waals surface area (Å²) in [6.45, 7) is 10.5. The number of likely N-dealkylation sites (N-methyl/N-ethyl adjacent to an activating group) is 1. The van der Waals surface area contributed by atoms with Crippen LogP contribution >= 0.6 is 0 Å². The number of ketones is 1. The third-order valence-electron chi connectivity index (χ3n) is 6.93. The smallest absolute Gasteiger partial charge is 0.249 e. The maximum atomic E-state index is 13.8. The summed E-state index contributed by atoms with van der Waals surface area (Å²) in [6.07, 6.45) is 3.19. The summed E-state index contributed by atoms with van der Waals surface area (Å²) in [4.78, 5) is 43.5. The lowest BCUT2D eigenvalue weighted by Gasteiger charge is -2.35. The Bertz CT molecular complexity index is 1080. The highest BCUT2D eigenvalue weighted by Gasteiger charge is 2.42. The molecule has 0 spiro atoms. The molecule has 2 atom stereocenters. The van der Waals surface area contributed by atoms with E-state index >= 15 is 0 Å². The number of rotatable bonds is 7. The van der Waals surface area contributed by atoms with Crippen molar-refractivity contribution in [1.82, 2.24) is 4.90 Å². The van der Waals surface area contributed by atoms with Crippen molar-refractivity contribution in [1.29, 1.82) is 0 Å². The van der Waals surface area contributed by atoms with Crippen LogP contribution in [0.5, 0.6) is 0 Å². The molecule has 1 aliphatic heterocycles. The van der Waals surface area contributed by atoms with Crippen molar-refractivity contribution in [3.8, 4) is 0 Å². The van der Waals surface area contributed by atoms with Gasteiger partial charge in [0.1, 0.15) is 6.04 Å². The zero-order valence-corrected chi connectivity index (χ0v) is 21.9. The van der Waals surface area contributed by atoms with Gasteiger partial charge in [-0.1, -0.05) is 68.8 Å². The normalized spacial score (nSPS) is 17.3. The molecule has 0 aliphatic carbocycles. The number of allylic oxidation sites excluding steroid dienone is 2. The van der Waals surface area contributed by atoms with Gasteiger partial charge in [0.05, 0.1) is 5.92 Å². The van der Waals surface area contributed by atoms with Gasteiger partial charge in [0.15, 0.2) is 5.78 Å². The molecule has 1 aliphatic rings. The average Bonchev–Trinajstić information content (AvgIpc) is 3.31. The van der Waals surface area contributed by atoms with Gasteiger partial charge < -0.3 is 9.80 Å². The number of hydrogen-bond acceptors (Lipinski definition) is 3. The first-order chi connectivity index (χ1) is 16.5. The van der Waals surface area contributed by atoms with E-state index in [1.165, 1.54) is 5.56 Å². The van der Waals surface area contributed by atoms with Crippen molar-refractivity contribution in [2.45, 2.75) is 59.9 Å². The molecule has 3 rings (SSSR count). The number of hydrogen-bond donors (Lipinski definition) is 0. The van der Waals surface area contributed by atoms with Crippen molar-refractivity contribution in [2.75, 3.05) is 18.5 Å². The second-order valence-corrected chi connectivity index (χ2v) is 10.7. The molecule has 35 heavy (non-hydrogen) atoms. The number of likely N-dealkylation sites (tertiary alicyclic amines) is 1. The topological polar surface area (TPSA) is 57.7 Å². The first kappa shape index (κ1) is 26.4. The molecule has 2 aromatic rings. The van der Waals surface area contributed by atoms with Crippen molar-refractivity contribution in [3.63, 3.8) is 0 Å². The summed E-state index contributed by atoms with van der Waals surface area (Å²) >= 11 is 0. The molecule has 0 radical (unpaired) electrons. The molecule has 2 aromatic carbocycles. The van der Waals surface area contributed by atoms with Gasteiger partial charge in [0, 0.05) is 25.7 Å². The SMILES string of the molecule is C/C(=C\C(=O)CC(C(=O)N1CCC[C@H]1C(=O)N(C)c1ccccc1)C(C)(C)C)c1ccc(C)cc1. The fraction of sp³-hybridized carbons (Fsp3) is 0.433. The number of carbonyl (C=O) groups is 3. The molecule has 1 saturated heterocycles. The third kappa shape index (κ3) is 6.47. The Hall–Kier alpha value is -3.21. The number of benzene rings is 2. The first-order valence-electron chi connectivity index (χ1n) is 12.4. The zero-order valence-electron chi connectivity index (χ0n) is 21.9. The van der Waals surface area contributed by atoms with Crippen LogP contribution in [0.2, 0.25) is 0 Å². The highest BCUT2D eigenvalue weighted by atomic mass is 16.2. The fourth-order valence-electron chi connectivity index (χ4n) is 4.66. The molecular formula is C30H38N2O3. The predicted molar refractivity (Wildman–Crippen MR) is 142 cm³/mol. The second kappa shape index (κ2) is 11.0. The van der Waals surface area contributed by atoms with E-state index in [0.29, 0.717) is 13.0 Å². The molecule has 1 fully saturated rings. The number of amides is 2. The van der Waals surface area contributed by atoms with Crippen molar-refractivity contribution in [3.05, 3.63) is 71.8 Å². The van der Waals surface area contributed by atoms with E-state index in [0.717, 1.165) is 23.2 Å². The van der Waals surface area contributed by atoms with Gasteiger partial charge >= 0.3 is 0 Å². The number of aryl methyl sites for hydroxylation is 1. The second-order valence-electron chi connectivity index (χ2n) is 10.7. The lowest BCUT2D eigenvalue weighted by atomic mass is 9.76. The molecule has 5 heteroatoms. The van der Waals surface area contributed by atoms with Crippen molar-refractivity contribution >= 4 is 28.9 Å². The van der Waals surface area contributed by atoms with E-state index in [9.17, 15) is 14.4 Å². The summed E-state index contributed by atoms with van der Waals surface area (Å²) in [5.41, 5.74) is 3.43. The Kier molecular flexibility index (Phi) is 8.31. The summed E-state index contributed by atoms with van der Waals surface area (Å²) < 4.78 is 0. The van der Waals surface area contributed by atoms with E-state index in [4.69, 9.17) is 0 Å². The highest BCUT2D eigenvalue weighted by Crippen LogP contribution is 2.34. The quantitative estimate of drug-likeness (QED) is 0.486. The van der Waals surface area contributed by atoms with E-state index in [-0.39, 0.29) is 24.0 Å². The largest absolute Gasteiger partial charge is 0.330 e. The van der Waals surface area contributed by atoms with Crippen molar-refractivity contribution < 1.29 is 14.4 Å². The molecule has 0 N–H and O–H groups in total.